The molecule has 6 fully saturated rings. The number of aliphatic hydroxyl groups is 9. The normalized spacial score (nSPS) is 43.7. The molecule has 380 valence electrons. The van der Waals surface area contributed by atoms with Gasteiger partial charge in [-0.25, -0.2) is 4.79 Å². The van der Waals surface area contributed by atoms with Crippen LogP contribution in [0.2, 0.25) is 0 Å². The molecule has 0 aromatic heterocycles. The Labute approximate surface area is 393 Å². The summed E-state index contributed by atoms with van der Waals surface area (Å²) in [4.78, 5) is 13.3. The van der Waals surface area contributed by atoms with Gasteiger partial charge in [0.25, 0.3) is 0 Å². The highest BCUT2D eigenvalue weighted by atomic mass is 16.7. The van der Waals surface area contributed by atoms with Crippen LogP contribution in [-0.2, 0) is 23.7 Å². The zero-order chi connectivity index (χ0) is 48.9. The SMILES string of the molecule is COc1cc(C(=O)OC[C@H]2O[C@@H](O[C@@H]3C[C@H](O)C[C@@H]4CC[C@H]5[C@@H]6C[C@H](O[C@H]7O[C@@H](CO)[C@H](O)[C@@H](O)[C@@H]7O)[C@H]([C@H](C)[C@@H](O)CC=C(C)C)[C@@]6(C)CC[C@@H]5[C@]43C)[C@H](O)[C@@H](O)[C@@H]2O)cc(OC)c1OC. The van der Waals surface area contributed by atoms with E-state index >= 15 is 0 Å². The molecule has 6 aliphatic rings. The second-order valence-electron chi connectivity index (χ2n) is 20.9. The lowest BCUT2D eigenvalue weighted by Crippen LogP contribution is -2.64. The van der Waals surface area contributed by atoms with E-state index in [1.807, 2.05) is 26.8 Å². The Kier molecular flexibility index (Phi) is 16.3. The van der Waals surface area contributed by atoms with Crippen LogP contribution < -0.4 is 14.2 Å². The van der Waals surface area contributed by atoms with Gasteiger partial charge in [0.1, 0.15) is 55.4 Å². The summed E-state index contributed by atoms with van der Waals surface area (Å²) in [6.45, 7) is 9.35. The first-order valence-electron chi connectivity index (χ1n) is 24.0. The average molecular weight is 953 g/mol. The van der Waals surface area contributed by atoms with Crippen LogP contribution in [0.4, 0.5) is 0 Å². The Morgan fingerprint density at radius 3 is 2.00 bits per heavy atom. The number of carbonyl (C=O) groups is 1. The molecule has 2 saturated heterocycles. The second kappa shape index (κ2) is 21.0. The molecule has 0 bridgehead atoms. The summed E-state index contributed by atoms with van der Waals surface area (Å²) in [5.41, 5.74) is 0.240. The summed E-state index contributed by atoms with van der Waals surface area (Å²) in [5, 5.41) is 99.0. The van der Waals surface area contributed by atoms with E-state index in [-0.39, 0.29) is 70.2 Å². The number of aliphatic hydroxyl groups excluding tert-OH is 9. The van der Waals surface area contributed by atoms with Crippen LogP contribution in [0.15, 0.2) is 23.8 Å². The molecule has 0 spiro atoms. The monoisotopic (exact) mass is 953 g/mol. The van der Waals surface area contributed by atoms with Crippen LogP contribution in [0, 0.1) is 46.3 Å². The maximum absolute atomic E-state index is 13.3. The number of methoxy groups -OCH3 is 3. The van der Waals surface area contributed by atoms with Gasteiger partial charge in [-0.3, -0.25) is 0 Å². The standard InChI is InChI=1S/C49H76O18/c1-22(2)9-12-30(52)23(3)37-31(64-46-42(57)40(55)38(53)34(20-50)65-46)19-29-27-11-10-25-17-26(51)18-36(49(25,5)28(27)13-14-48(29,37)4)67-47-43(58)41(56)39(54)35(66-47)21-63-45(59)24-15-32(60-6)44(62-8)33(16-24)61-7/h9,15-16,23,25-31,34-43,46-47,50-58H,10-14,17-21H2,1-8H3/t23-,25+,26-,27-,28+,29+,30+,31+,34+,35-,36-,37+,38+,39-,40-,41+,42+,43-,46+,47+,48+,49+/m1/s1. The molecule has 9 N–H and O–H groups in total. The minimum Gasteiger partial charge on any atom is -0.493 e. The van der Waals surface area contributed by atoms with Crippen molar-refractivity contribution >= 4 is 5.97 Å². The lowest BCUT2D eigenvalue weighted by atomic mass is 9.43. The van der Waals surface area contributed by atoms with Crippen LogP contribution in [0.3, 0.4) is 0 Å². The lowest BCUT2D eigenvalue weighted by molar-refractivity contribution is -0.333. The summed E-state index contributed by atoms with van der Waals surface area (Å²) in [7, 11) is 4.25. The highest BCUT2D eigenvalue weighted by Crippen LogP contribution is 2.69. The fourth-order valence-electron chi connectivity index (χ4n) is 13.5. The minimum absolute atomic E-state index is 0.0292. The first-order valence-corrected chi connectivity index (χ1v) is 24.0. The van der Waals surface area contributed by atoms with Crippen molar-refractivity contribution in [2.45, 2.75) is 172 Å². The lowest BCUT2D eigenvalue weighted by Gasteiger charge is -2.63. The maximum atomic E-state index is 13.3. The molecule has 18 heteroatoms. The van der Waals surface area contributed by atoms with E-state index < -0.39 is 110 Å². The largest absolute Gasteiger partial charge is 0.493 e. The first-order chi connectivity index (χ1) is 31.7. The molecule has 67 heavy (non-hydrogen) atoms. The van der Waals surface area contributed by atoms with Crippen molar-refractivity contribution in [2.75, 3.05) is 34.5 Å². The first kappa shape index (κ1) is 52.1. The van der Waals surface area contributed by atoms with Crippen LogP contribution in [0.5, 0.6) is 17.2 Å². The van der Waals surface area contributed by atoms with E-state index in [0.29, 0.717) is 19.3 Å². The summed E-state index contributed by atoms with van der Waals surface area (Å²) in [6.07, 6.45) is -10.7. The number of fused-ring (bicyclic) bond motifs is 5. The molecule has 4 saturated carbocycles. The molecule has 1 aromatic carbocycles. The Balaban J connectivity index is 1.13. The van der Waals surface area contributed by atoms with Gasteiger partial charge in [0, 0.05) is 6.42 Å². The van der Waals surface area contributed by atoms with Crippen molar-refractivity contribution in [1.29, 1.82) is 0 Å². The van der Waals surface area contributed by atoms with Crippen molar-refractivity contribution in [3.05, 3.63) is 29.3 Å². The third kappa shape index (κ3) is 9.74. The second-order valence-corrected chi connectivity index (χ2v) is 20.9. The summed E-state index contributed by atoms with van der Waals surface area (Å²) in [5.74, 6) is -0.272. The van der Waals surface area contributed by atoms with Crippen molar-refractivity contribution < 1.29 is 88.6 Å². The zero-order valence-electron chi connectivity index (χ0n) is 40.0. The summed E-state index contributed by atoms with van der Waals surface area (Å²) < 4.78 is 47.1. The fourth-order valence-corrected chi connectivity index (χ4v) is 13.5. The molecule has 22 atom stereocenters. The van der Waals surface area contributed by atoms with E-state index in [0.717, 1.165) is 31.3 Å². The molecule has 0 unspecified atom stereocenters. The van der Waals surface area contributed by atoms with Gasteiger partial charge in [-0.15, -0.1) is 0 Å². The highest BCUT2D eigenvalue weighted by molar-refractivity contribution is 5.91. The molecular weight excluding hydrogens is 877 g/mol. The molecule has 7 rings (SSSR count). The topological polar surface area (TPSA) is 273 Å². The van der Waals surface area contributed by atoms with Gasteiger partial charge in [-0.2, -0.15) is 0 Å². The van der Waals surface area contributed by atoms with Crippen molar-refractivity contribution in [3.8, 4) is 17.2 Å². The number of ether oxygens (including phenoxy) is 8. The van der Waals surface area contributed by atoms with Gasteiger partial charge >= 0.3 is 5.97 Å². The maximum Gasteiger partial charge on any atom is 0.338 e. The Morgan fingerprint density at radius 1 is 0.791 bits per heavy atom. The van der Waals surface area contributed by atoms with Gasteiger partial charge in [-0.1, -0.05) is 32.4 Å². The Morgan fingerprint density at radius 2 is 1.40 bits per heavy atom. The third-order valence-electron chi connectivity index (χ3n) is 17.1. The van der Waals surface area contributed by atoms with Crippen molar-refractivity contribution in [1.82, 2.24) is 0 Å². The third-order valence-corrected chi connectivity index (χ3v) is 17.1. The predicted molar refractivity (Wildman–Crippen MR) is 238 cm³/mol. The predicted octanol–water partition coefficient (Wildman–Crippen LogP) is 1.84. The van der Waals surface area contributed by atoms with Gasteiger partial charge in [0.05, 0.1) is 57.9 Å². The van der Waals surface area contributed by atoms with Crippen molar-refractivity contribution in [2.24, 2.45) is 46.3 Å². The number of allylic oxidation sites excluding steroid dienone is 1. The van der Waals surface area contributed by atoms with E-state index in [4.69, 9.17) is 37.9 Å². The molecular formula is C49H76O18. The van der Waals surface area contributed by atoms with Gasteiger partial charge in [0.15, 0.2) is 24.1 Å². The molecule has 2 aliphatic heterocycles. The Bertz CT molecular complexity index is 1850. The van der Waals surface area contributed by atoms with Gasteiger partial charge in [0.2, 0.25) is 5.75 Å². The van der Waals surface area contributed by atoms with Gasteiger partial charge < -0.3 is 83.9 Å². The summed E-state index contributed by atoms with van der Waals surface area (Å²) >= 11 is 0. The van der Waals surface area contributed by atoms with Crippen LogP contribution in [0.25, 0.3) is 0 Å². The van der Waals surface area contributed by atoms with Crippen LogP contribution >= 0.6 is 0 Å². The molecule has 0 amide bonds. The molecule has 2 heterocycles. The molecule has 0 radical (unpaired) electrons. The number of benzene rings is 1. The fraction of sp³-hybridized carbons (Fsp3) is 0.816. The quantitative estimate of drug-likeness (QED) is 0.0897. The number of esters is 1. The smallest absolute Gasteiger partial charge is 0.338 e. The van der Waals surface area contributed by atoms with E-state index in [1.165, 1.54) is 33.5 Å². The number of hydrogen-bond donors (Lipinski definition) is 9. The number of carbonyl (C=O) groups excluding carboxylic acids is 1. The van der Waals surface area contributed by atoms with Crippen LogP contribution in [0.1, 0.15) is 96.3 Å². The zero-order valence-corrected chi connectivity index (χ0v) is 40.0. The Hall–Kier alpha value is -2.69. The molecule has 1 aromatic rings. The van der Waals surface area contributed by atoms with Gasteiger partial charge in [-0.05, 0) is 117 Å². The van der Waals surface area contributed by atoms with Crippen LogP contribution in [-0.4, -0.2) is 172 Å². The highest BCUT2D eigenvalue weighted by Gasteiger charge is 2.66. The van der Waals surface area contributed by atoms with E-state index in [2.05, 4.69) is 13.8 Å². The average Bonchev–Trinajstić information content (AvgIpc) is 3.61. The number of rotatable bonds is 15. The molecule has 18 nitrogen and oxygen atoms in total. The van der Waals surface area contributed by atoms with Crippen molar-refractivity contribution in [3.63, 3.8) is 0 Å². The van der Waals surface area contributed by atoms with E-state index in [1.54, 1.807) is 0 Å². The summed E-state index contributed by atoms with van der Waals surface area (Å²) in [6, 6.07) is 2.83. The molecule has 4 aliphatic carbocycles. The number of hydrogen-bond acceptors (Lipinski definition) is 18. The minimum atomic E-state index is -1.72. The van der Waals surface area contributed by atoms with E-state index in [9.17, 15) is 50.8 Å².